The number of hydrogen-bond acceptors (Lipinski definition) is 5. The Kier molecular flexibility index (Phi) is 4.59. The maximum atomic E-state index is 12.6. The molecule has 3 rings (SSSR count). The van der Waals surface area contributed by atoms with Gasteiger partial charge in [0.1, 0.15) is 11.5 Å². The van der Waals surface area contributed by atoms with E-state index in [1.54, 1.807) is 37.3 Å². The first-order valence-corrected chi connectivity index (χ1v) is 7.85. The number of urea groups is 1. The molecule has 0 saturated carbocycles. The van der Waals surface area contributed by atoms with Crippen molar-refractivity contribution in [1.82, 2.24) is 10.1 Å². The quantitative estimate of drug-likeness (QED) is 0.929. The molecule has 1 aromatic heterocycles. The molecule has 1 saturated heterocycles. The summed E-state index contributed by atoms with van der Waals surface area (Å²) in [6.45, 7) is 2.54. The van der Waals surface area contributed by atoms with Gasteiger partial charge in [0.05, 0.1) is 20.3 Å². The Morgan fingerprint density at radius 3 is 2.75 bits per heavy atom. The van der Waals surface area contributed by atoms with Crippen molar-refractivity contribution in [3.8, 4) is 11.5 Å². The Morgan fingerprint density at radius 1 is 1.29 bits per heavy atom. The second-order valence-corrected chi connectivity index (χ2v) is 5.71. The van der Waals surface area contributed by atoms with Gasteiger partial charge >= 0.3 is 6.03 Å². The number of nitrogens with one attached hydrogen (secondary N) is 1. The first kappa shape index (κ1) is 16.2. The van der Waals surface area contributed by atoms with Crippen LogP contribution in [0.15, 0.2) is 28.8 Å². The zero-order valence-electron chi connectivity index (χ0n) is 14.0. The predicted octanol–water partition coefficient (Wildman–Crippen LogP) is 3.37. The maximum absolute atomic E-state index is 12.6. The van der Waals surface area contributed by atoms with E-state index < -0.39 is 0 Å². The lowest BCUT2D eigenvalue weighted by molar-refractivity contribution is 0.204. The van der Waals surface area contributed by atoms with Crippen LogP contribution in [0.5, 0.6) is 11.5 Å². The van der Waals surface area contributed by atoms with E-state index in [1.807, 2.05) is 13.0 Å². The summed E-state index contributed by atoms with van der Waals surface area (Å²) < 4.78 is 15.6. The van der Waals surface area contributed by atoms with E-state index in [2.05, 4.69) is 10.5 Å². The molecule has 0 spiro atoms. The highest BCUT2D eigenvalue weighted by Crippen LogP contribution is 2.33. The molecule has 0 radical (unpaired) electrons. The number of ether oxygens (including phenoxy) is 2. The highest BCUT2D eigenvalue weighted by molar-refractivity contribution is 5.90. The molecule has 1 fully saturated rings. The lowest BCUT2D eigenvalue weighted by atomic mass is 10.1. The molecular weight excluding hydrogens is 310 g/mol. The van der Waals surface area contributed by atoms with Crippen LogP contribution >= 0.6 is 0 Å². The number of benzene rings is 1. The highest BCUT2D eigenvalue weighted by atomic mass is 16.5. The minimum absolute atomic E-state index is 0.0532. The zero-order chi connectivity index (χ0) is 17.1. The molecule has 1 unspecified atom stereocenters. The van der Waals surface area contributed by atoms with Crippen LogP contribution in [-0.4, -0.2) is 36.9 Å². The molecule has 2 amide bonds. The number of carbonyl (C=O) groups is 1. The Bertz CT molecular complexity index is 728. The number of aryl methyl sites for hydroxylation is 1. The summed E-state index contributed by atoms with van der Waals surface area (Å²) in [6.07, 6.45) is 1.82. The molecule has 0 bridgehead atoms. The van der Waals surface area contributed by atoms with Crippen LogP contribution in [0.2, 0.25) is 0 Å². The van der Waals surface area contributed by atoms with E-state index in [0.717, 1.165) is 24.3 Å². The number of rotatable bonds is 4. The van der Waals surface area contributed by atoms with Crippen molar-refractivity contribution in [2.75, 3.05) is 26.1 Å². The van der Waals surface area contributed by atoms with Crippen LogP contribution in [0, 0.1) is 6.92 Å². The standard InChI is InChI=1S/C17H21N3O4/c1-11-9-13(19-24-11)14-5-4-8-20(14)17(21)18-12-6-7-15(22-2)16(10-12)23-3/h6-7,9-10,14H,4-5,8H2,1-3H3,(H,18,21). The van der Waals surface area contributed by atoms with Crippen LogP contribution in [0.1, 0.15) is 30.3 Å². The van der Waals surface area contributed by atoms with Gasteiger partial charge in [-0.25, -0.2) is 4.79 Å². The Morgan fingerprint density at radius 2 is 2.08 bits per heavy atom. The molecule has 1 aliphatic heterocycles. The van der Waals surface area contributed by atoms with Crippen molar-refractivity contribution in [1.29, 1.82) is 0 Å². The Balaban J connectivity index is 1.74. The van der Waals surface area contributed by atoms with Gasteiger partial charge in [-0.15, -0.1) is 0 Å². The van der Waals surface area contributed by atoms with Gasteiger partial charge in [-0.05, 0) is 31.9 Å². The number of amides is 2. The summed E-state index contributed by atoms with van der Waals surface area (Å²) in [5.41, 5.74) is 1.45. The molecule has 1 atom stereocenters. The molecular formula is C17H21N3O4. The van der Waals surface area contributed by atoms with E-state index in [4.69, 9.17) is 14.0 Å². The minimum Gasteiger partial charge on any atom is -0.493 e. The molecule has 2 heterocycles. The molecule has 7 nitrogen and oxygen atoms in total. The van der Waals surface area contributed by atoms with Gasteiger partial charge in [0.2, 0.25) is 0 Å². The zero-order valence-corrected chi connectivity index (χ0v) is 14.0. The van der Waals surface area contributed by atoms with Crippen molar-refractivity contribution in [2.24, 2.45) is 0 Å². The smallest absolute Gasteiger partial charge is 0.322 e. The molecule has 7 heteroatoms. The summed E-state index contributed by atoms with van der Waals surface area (Å²) in [7, 11) is 3.14. The molecule has 128 valence electrons. The Labute approximate surface area is 140 Å². The number of anilines is 1. The normalized spacial score (nSPS) is 17.0. The van der Waals surface area contributed by atoms with Crippen LogP contribution in [0.3, 0.4) is 0 Å². The van der Waals surface area contributed by atoms with Crippen LogP contribution in [0.4, 0.5) is 10.5 Å². The summed E-state index contributed by atoms with van der Waals surface area (Å²) in [5, 5.41) is 6.96. The number of hydrogen-bond donors (Lipinski definition) is 1. The third-order valence-corrected chi connectivity index (χ3v) is 4.14. The molecule has 1 aliphatic rings. The van der Waals surface area contributed by atoms with Gasteiger partial charge in [0, 0.05) is 24.4 Å². The van der Waals surface area contributed by atoms with Gasteiger partial charge in [-0.2, -0.15) is 0 Å². The third kappa shape index (κ3) is 3.15. The summed E-state index contributed by atoms with van der Waals surface area (Å²) >= 11 is 0. The fourth-order valence-electron chi connectivity index (χ4n) is 2.97. The van der Waals surface area contributed by atoms with Gasteiger partial charge < -0.3 is 24.2 Å². The second kappa shape index (κ2) is 6.82. The van der Waals surface area contributed by atoms with Crippen LogP contribution < -0.4 is 14.8 Å². The van der Waals surface area contributed by atoms with E-state index in [9.17, 15) is 4.79 Å². The number of carbonyl (C=O) groups excluding carboxylic acids is 1. The largest absolute Gasteiger partial charge is 0.493 e. The molecule has 2 aromatic rings. The maximum Gasteiger partial charge on any atom is 0.322 e. The van der Waals surface area contributed by atoms with Crippen molar-refractivity contribution in [2.45, 2.75) is 25.8 Å². The SMILES string of the molecule is COc1ccc(NC(=O)N2CCCC2c2cc(C)on2)cc1OC. The van der Waals surface area contributed by atoms with E-state index in [1.165, 1.54) is 0 Å². The topological polar surface area (TPSA) is 76.8 Å². The third-order valence-electron chi connectivity index (χ3n) is 4.14. The lowest BCUT2D eigenvalue weighted by Crippen LogP contribution is -2.34. The van der Waals surface area contributed by atoms with Gasteiger partial charge in [0.25, 0.3) is 0 Å². The van der Waals surface area contributed by atoms with Crippen molar-refractivity contribution < 1.29 is 18.8 Å². The minimum atomic E-state index is -0.162. The first-order valence-electron chi connectivity index (χ1n) is 7.85. The van der Waals surface area contributed by atoms with Crippen LogP contribution in [0.25, 0.3) is 0 Å². The van der Waals surface area contributed by atoms with E-state index in [-0.39, 0.29) is 12.1 Å². The molecule has 1 N–H and O–H groups in total. The average Bonchev–Trinajstić information content (AvgIpc) is 3.23. The fraction of sp³-hybridized carbons (Fsp3) is 0.412. The predicted molar refractivity (Wildman–Crippen MR) is 88.5 cm³/mol. The highest BCUT2D eigenvalue weighted by Gasteiger charge is 2.32. The van der Waals surface area contributed by atoms with Crippen molar-refractivity contribution >= 4 is 11.7 Å². The average molecular weight is 331 g/mol. The second-order valence-electron chi connectivity index (χ2n) is 5.71. The van der Waals surface area contributed by atoms with Gasteiger partial charge in [-0.1, -0.05) is 5.16 Å². The Hall–Kier alpha value is -2.70. The van der Waals surface area contributed by atoms with Gasteiger partial charge in [-0.3, -0.25) is 0 Å². The van der Waals surface area contributed by atoms with Crippen LogP contribution in [-0.2, 0) is 0 Å². The number of methoxy groups -OCH3 is 2. The fourth-order valence-corrected chi connectivity index (χ4v) is 2.97. The monoisotopic (exact) mass is 331 g/mol. The van der Waals surface area contributed by atoms with E-state index >= 15 is 0 Å². The molecule has 24 heavy (non-hydrogen) atoms. The van der Waals surface area contributed by atoms with Crippen molar-refractivity contribution in [3.05, 3.63) is 35.7 Å². The molecule has 1 aromatic carbocycles. The summed E-state index contributed by atoms with van der Waals surface area (Å²) in [4.78, 5) is 14.4. The summed E-state index contributed by atoms with van der Waals surface area (Å²) in [6, 6.07) is 6.95. The summed E-state index contributed by atoms with van der Waals surface area (Å²) in [5.74, 6) is 1.94. The lowest BCUT2D eigenvalue weighted by Gasteiger charge is -2.23. The number of likely N-dealkylation sites (tertiary alicyclic amines) is 1. The number of aromatic nitrogens is 1. The molecule has 0 aliphatic carbocycles. The van der Waals surface area contributed by atoms with E-state index in [0.29, 0.717) is 23.7 Å². The number of nitrogens with zero attached hydrogens (tertiary/aromatic N) is 2. The first-order chi connectivity index (χ1) is 11.6. The van der Waals surface area contributed by atoms with Crippen molar-refractivity contribution in [3.63, 3.8) is 0 Å². The van der Waals surface area contributed by atoms with Gasteiger partial charge in [0.15, 0.2) is 11.5 Å².